The summed E-state index contributed by atoms with van der Waals surface area (Å²) in [5.41, 5.74) is 4.55. The van der Waals surface area contributed by atoms with E-state index in [1.807, 2.05) is 30.3 Å². The van der Waals surface area contributed by atoms with Crippen LogP contribution in [0, 0.1) is 0 Å². The number of carbonyl (C=O) groups is 1. The summed E-state index contributed by atoms with van der Waals surface area (Å²) in [7, 11) is 0. The SMILES string of the molecule is CCCCCCCCOC(=O)CCc1cc(-c2cccc3n[nH]nc23)c(O)c(C(C)(C)C)c1. The van der Waals surface area contributed by atoms with Crippen LogP contribution in [0.1, 0.15) is 83.8 Å². The monoisotopic (exact) mass is 451 g/mol. The molecule has 1 heterocycles. The summed E-state index contributed by atoms with van der Waals surface area (Å²) < 4.78 is 5.44. The van der Waals surface area contributed by atoms with E-state index in [-0.39, 0.29) is 17.1 Å². The smallest absolute Gasteiger partial charge is 0.306 e. The average Bonchev–Trinajstić information content (AvgIpc) is 3.26. The molecule has 178 valence electrons. The van der Waals surface area contributed by atoms with Crippen LogP contribution in [-0.2, 0) is 21.4 Å². The van der Waals surface area contributed by atoms with Gasteiger partial charge in [0.2, 0.25) is 0 Å². The average molecular weight is 452 g/mol. The summed E-state index contributed by atoms with van der Waals surface area (Å²) in [5.74, 6) is 0.0708. The molecule has 2 aromatic carbocycles. The topological polar surface area (TPSA) is 88.1 Å². The summed E-state index contributed by atoms with van der Waals surface area (Å²) in [5, 5.41) is 22.3. The molecule has 0 saturated heterocycles. The zero-order valence-corrected chi connectivity index (χ0v) is 20.4. The Bertz CT molecular complexity index is 1070. The second-order valence-electron chi connectivity index (χ2n) is 9.77. The molecule has 33 heavy (non-hydrogen) atoms. The van der Waals surface area contributed by atoms with Crippen LogP contribution in [0.15, 0.2) is 30.3 Å². The number of aromatic nitrogens is 3. The second kappa shape index (κ2) is 11.3. The maximum atomic E-state index is 12.3. The van der Waals surface area contributed by atoms with E-state index in [1.165, 1.54) is 25.7 Å². The van der Waals surface area contributed by atoms with E-state index in [0.29, 0.717) is 30.5 Å². The molecule has 0 amide bonds. The highest BCUT2D eigenvalue weighted by atomic mass is 16.5. The van der Waals surface area contributed by atoms with Gasteiger partial charge in [-0.1, -0.05) is 78.0 Å². The first-order chi connectivity index (χ1) is 15.8. The molecule has 1 aromatic heterocycles. The van der Waals surface area contributed by atoms with Gasteiger partial charge in [-0.3, -0.25) is 4.79 Å². The molecule has 0 bridgehead atoms. The summed E-state index contributed by atoms with van der Waals surface area (Å²) in [4.78, 5) is 12.3. The van der Waals surface area contributed by atoms with Gasteiger partial charge in [-0.2, -0.15) is 15.4 Å². The highest BCUT2D eigenvalue weighted by Gasteiger charge is 2.23. The van der Waals surface area contributed by atoms with Gasteiger partial charge in [-0.05, 0) is 36.0 Å². The van der Waals surface area contributed by atoms with Gasteiger partial charge in [-0.25, -0.2) is 0 Å². The normalized spacial score (nSPS) is 11.8. The first kappa shape index (κ1) is 24.7. The largest absolute Gasteiger partial charge is 0.507 e. The Morgan fingerprint density at radius 2 is 1.79 bits per heavy atom. The minimum atomic E-state index is -0.259. The van der Waals surface area contributed by atoms with Crippen molar-refractivity contribution in [2.24, 2.45) is 0 Å². The Morgan fingerprint density at radius 1 is 1.03 bits per heavy atom. The molecule has 0 aliphatic heterocycles. The van der Waals surface area contributed by atoms with Crippen molar-refractivity contribution in [1.29, 1.82) is 0 Å². The van der Waals surface area contributed by atoms with Gasteiger partial charge in [0.15, 0.2) is 0 Å². The van der Waals surface area contributed by atoms with Crippen molar-refractivity contribution in [3.05, 3.63) is 41.5 Å². The Morgan fingerprint density at radius 3 is 2.55 bits per heavy atom. The molecule has 3 rings (SSSR count). The van der Waals surface area contributed by atoms with Crippen LogP contribution < -0.4 is 0 Å². The highest BCUT2D eigenvalue weighted by molar-refractivity contribution is 5.93. The van der Waals surface area contributed by atoms with Gasteiger partial charge in [0.1, 0.15) is 16.8 Å². The van der Waals surface area contributed by atoms with E-state index in [1.54, 1.807) is 0 Å². The number of aromatic hydroxyl groups is 1. The molecule has 0 fully saturated rings. The van der Waals surface area contributed by atoms with Gasteiger partial charge >= 0.3 is 5.97 Å². The lowest BCUT2D eigenvalue weighted by atomic mass is 9.82. The van der Waals surface area contributed by atoms with E-state index in [4.69, 9.17) is 4.74 Å². The molecule has 0 aliphatic carbocycles. The number of fused-ring (bicyclic) bond motifs is 1. The molecule has 2 N–H and O–H groups in total. The fourth-order valence-electron chi connectivity index (χ4n) is 4.09. The van der Waals surface area contributed by atoms with Crippen LogP contribution in [0.25, 0.3) is 22.2 Å². The van der Waals surface area contributed by atoms with Crippen LogP contribution in [-0.4, -0.2) is 33.1 Å². The number of benzene rings is 2. The molecule has 0 atom stereocenters. The number of phenols is 1. The summed E-state index contributed by atoms with van der Waals surface area (Å²) >= 11 is 0. The number of esters is 1. The van der Waals surface area contributed by atoms with E-state index >= 15 is 0 Å². The minimum Gasteiger partial charge on any atom is -0.507 e. The van der Waals surface area contributed by atoms with Crippen LogP contribution >= 0.6 is 0 Å². The van der Waals surface area contributed by atoms with Gasteiger partial charge in [-0.15, -0.1) is 0 Å². The van der Waals surface area contributed by atoms with E-state index in [2.05, 4.69) is 43.1 Å². The number of ether oxygens (including phenoxy) is 1. The van der Waals surface area contributed by atoms with Gasteiger partial charge in [0.05, 0.1) is 6.61 Å². The van der Waals surface area contributed by atoms with Crippen molar-refractivity contribution in [2.75, 3.05) is 6.61 Å². The van der Waals surface area contributed by atoms with Gasteiger partial charge in [0, 0.05) is 23.1 Å². The lowest BCUT2D eigenvalue weighted by Crippen LogP contribution is -2.13. The zero-order valence-electron chi connectivity index (χ0n) is 20.4. The number of nitrogens with zero attached hydrogens (tertiary/aromatic N) is 2. The second-order valence-corrected chi connectivity index (χ2v) is 9.77. The maximum Gasteiger partial charge on any atom is 0.306 e. The fourth-order valence-corrected chi connectivity index (χ4v) is 4.09. The first-order valence-corrected chi connectivity index (χ1v) is 12.1. The Hall–Kier alpha value is -2.89. The van der Waals surface area contributed by atoms with Crippen molar-refractivity contribution >= 4 is 17.0 Å². The number of hydrogen-bond acceptors (Lipinski definition) is 5. The number of unbranched alkanes of at least 4 members (excludes halogenated alkanes) is 5. The third-order valence-electron chi connectivity index (χ3n) is 5.99. The molecule has 6 nitrogen and oxygen atoms in total. The molecule has 0 aliphatic rings. The molecule has 3 aromatic rings. The number of aryl methyl sites for hydroxylation is 1. The third kappa shape index (κ3) is 6.56. The molecule has 0 spiro atoms. The number of carbonyl (C=O) groups excluding carboxylic acids is 1. The molecular weight excluding hydrogens is 414 g/mol. The highest BCUT2D eigenvalue weighted by Crippen LogP contribution is 2.41. The zero-order chi connectivity index (χ0) is 23.8. The lowest BCUT2D eigenvalue weighted by molar-refractivity contribution is -0.143. The lowest BCUT2D eigenvalue weighted by Gasteiger charge is -2.23. The molecule has 6 heteroatoms. The minimum absolute atomic E-state index is 0.172. The summed E-state index contributed by atoms with van der Waals surface area (Å²) in [6.45, 7) is 8.91. The van der Waals surface area contributed by atoms with E-state index in [9.17, 15) is 9.90 Å². The summed E-state index contributed by atoms with van der Waals surface area (Å²) in [6.07, 6.45) is 7.88. The number of hydrogen-bond donors (Lipinski definition) is 2. The van der Waals surface area contributed by atoms with E-state index < -0.39 is 0 Å². The number of rotatable bonds is 11. The van der Waals surface area contributed by atoms with Crippen molar-refractivity contribution in [3.8, 4) is 16.9 Å². The Balaban J connectivity index is 1.72. The number of aromatic amines is 1. The van der Waals surface area contributed by atoms with Gasteiger partial charge in [0.25, 0.3) is 0 Å². The summed E-state index contributed by atoms with van der Waals surface area (Å²) in [6, 6.07) is 9.68. The third-order valence-corrected chi connectivity index (χ3v) is 5.99. The molecule has 0 saturated carbocycles. The maximum absolute atomic E-state index is 12.3. The number of para-hydroxylation sites is 1. The van der Waals surface area contributed by atoms with Crippen LogP contribution in [0.5, 0.6) is 5.75 Å². The van der Waals surface area contributed by atoms with Crippen molar-refractivity contribution in [1.82, 2.24) is 15.4 Å². The Kier molecular flexibility index (Phi) is 8.48. The van der Waals surface area contributed by atoms with Crippen molar-refractivity contribution in [2.45, 2.75) is 84.5 Å². The molecule has 0 unspecified atom stereocenters. The van der Waals surface area contributed by atoms with Crippen molar-refractivity contribution < 1.29 is 14.6 Å². The number of nitrogens with one attached hydrogen (secondary N) is 1. The molecular formula is C27H37N3O3. The number of phenolic OH excluding ortho intramolecular Hbond substituents is 1. The predicted octanol–water partition coefficient (Wildman–Crippen LogP) is 6.46. The molecule has 0 radical (unpaired) electrons. The van der Waals surface area contributed by atoms with Crippen LogP contribution in [0.4, 0.5) is 0 Å². The fraction of sp³-hybridized carbons (Fsp3) is 0.519. The number of H-pyrrole nitrogens is 1. The van der Waals surface area contributed by atoms with E-state index in [0.717, 1.165) is 35.0 Å². The van der Waals surface area contributed by atoms with Gasteiger partial charge < -0.3 is 9.84 Å². The van der Waals surface area contributed by atoms with Crippen LogP contribution in [0.3, 0.4) is 0 Å². The standard InChI is InChI=1S/C27H37N3O3/c1-5-6-7-8-9-10-16-33-24(31)15-14-19-17-21(26(32)22(18-19)27(2,3)4)20-12-11-13-23-25(20)29-30-28-23/h11-13,17-18,32H,5-10,14-16H2,1-4H3,(H,28,29,30). The quantitative estimate of drug-likeness (QED) is 0.258. The van der Waals surface area contributed by atoms with Crippen molar-refractivity contribution in [3.63, 3.8) is 0 Å². The predicted molar refractivity (Wildman–Crippen MR) is 132 cm³/mol. The first-order valence-electron chi connectivity index (χ1n) is 12.1. The van der Waals surface area contributed by atoms with Crippen LogP contribution in [0.2, 0.25) is 0 Å². The Labute approximate surface area is 196 Å².